The Labute approximate surface area is 174 Å². The van der Waals surface area contributed by atoms with Gasteiger partial charge in [0.05, 0.1) is 17.3 Å². The number of imide groups is 1. The first kappa shape index (κ1) is 21.1. The van der Waals surface area contributed by atoms with Gasteiger partial charge >= 0.3 is 6.03 Å². The molecule has 0 radical (unpaired) electrons. The maximum absolute atomic E-state index is 12.6. The quantitative estimate of drug-likeness (QED) is 0.661. The first-order valence-electron chi connectivity index (χ1n) is 9.75. The summed E-state index contributed by atoms with van der Waals surface area (Å²) < 4.78 is 0. The van der Waals surface area contributed by atoms with Crippen molar-refractivity contribution in [1.29, 1.82) is 0 Å². The van der Waals surface area contributed by atoms with E-state index in [0.717, 1.165) is 12.8 Å². The molecule has 2 aliphatic rings. The van der Waals surface area contributed by atoms with Crippen LogP contribution in [-0.4, -0.2) is 59.2 Å². The zero-order valence-corrected chi connectivity index (χ0v) is 17.1. The number of amides is 5. The van der Waals surface area contributed by atoms with Gasteiger partial charge in [-0.3, -0.25) is 19.3 Å². The predicted molar refractivity (Wildman–Crippen MR) is 108 cm³/mol. The average Bonchev–Trinajstić information content (AvgIpc) is 3.23. The maximum Gasteiger partial charge on any atom is 0.325 e. The number of urea groups is 1. The summed E-state index contributed by atoms with van der Waals surface area (Å²) in [6, 6.07) is 6.47. The molecule has 3 rings (SSSR count). The lowest BCUT2D eigenvalue weighted by atomic mass is 9.98. The first-order valence-corrected chi connectivity index (χ1v) is 10.1. The van der Waals surface area contributed by atoms with Crippen LogP contribution in [0.3, 0.4) is 0 Å². The molecule has 1 saturated heterocycles. The molecule has 8 nitrogen and oxygen atoms in total. The molecule has 1 aliphatic heterocycles. The number of halogens is 1. The van der Waals surface area contributed by atoms with Crippen molar-refractivity contribution in [2.75, 3.05) is 25.5 Å². The first-order chi connectivity index (χ1) is 13.8. The summed E-state index contributed by atoms with van der Waals surface area (Å²) in [7, 11) is 1.54. The van der Waals surface area contributed by atoms with Crippen LogP contribution in [0.4, 0.5) is 10.5 Å². The summed E-state index contributed by atoms with van der Waals surface area (Å²) in [4.78, 5) is 51.7. The Bertz CT molecular complexity index is 822. The number of para-hydroxylation sites is 1. The largest absolute Gasteiger partial charge is 0.336 e. The van der Waals surface area contributed by atoms with E-state index in [1.807, 2.05) is 0 Å². The normalized spacial score (nSPS) is 17.5. The van der Waals surface area contributed by atoms with Gasteiger partial charge in [-0.2, -0.15) is 0 Å². The highest BCUT2D eigenvalue weighted by atomic mass is 35.5. The molecule has 29 heavy (non-hydrogen) atoms. The van der Waals surface area contributed by atoms with E-state index in [1.165, 1.54) is 16.8 Å². The minimum absolute atomic E-state index is 0.115. The topological polar surface area (TPSA) is 98.8 Å². The fourth-order valence-corrected chi connectivity index (χ4v) is 4.01. The molecule has 2 N–H and O–H groups in total. The minimum Gasteiger partial charge on any atom is -0.336 e. The van der Waals surface area contributed by atoms with Gasteiger partial charge in [0.25, 0.3) is 5.91 Å². The van der Waals surface area contributed by atoms with Crippen molar-refractivity contribution in [2.45, 2.75) is 44.1 Å². The second-order valence-corrected chi connectivity index (χ2v) is 7.96. The number of carbonyl (C=O) groups is 4. The van der Waals surface area contributed by atoms with E-state index in [-0.39, 0.29) is 43.3 Å². The summed E-state index contributed by atoms with van der Waals surface area (Å²) in [5, 5.41) is 5.91. The number of nitrogens with one attached hydrogen (secondary N) is 2. The molecular formula is C20H25ClN4O4. The van der Waals surface area contributed by atoms with Gasteiger partial charge in [0.1, 0.15) is 5.54 Å². The van der Waals surface area contributed by atoms with E-state index in [9.17, 15) is 19.2 Å². The summed E-state index contributed by atoms with van der Waals surface area (Å²) in [6.45, 7) is 0.0775. The van der Waals surface area contributed by atoms with Crippen LogP contribution in [-0.2, 0) is 14.4 Å². The number of hydrogen-bond acceptors (Lipinski definition) is 4. The molecule has 0 bridgehead atoms. The third-order valence-corrected chi connectivity index (χ3v) is 5.76. The van der Waals surface area contributed by atoms with E-state index in [2.05, 4.69) is 10.6 Å². The molecule has 1 spiro atoms. The summed E-state index contributed by atoms with van der Waals surface area (Å²) in [5.41, 5.74) is -0.242. The fourth-order valence-electron chi connectivity index (χ4n) is 3.83. The highest BCUT2D eigenvalue weighted by Crippen LogP contribution is 2.35. The maximum atomic E-state index is 12.6. The molecule has 1 saturated carbocycles. The van der Waals surface area contributed by atoms with Crippen LogP contribution in [0.1, 0.15) is 38.5 Å². The molecule has 1 aliphatic carbocycles. The minimum atomic E-state index is -0.727. The van der Waals surface area contributed by atoms with E-state index in [1.54, 1.807) is 24.3 Å². The standard InChI is InChI=1S/C20H25ClN4O4/c1-24(13-16(26)22-15-8-3-2-7-14(15)21)17(27)9-6-12-25-18(28)20(23-19(25)29)10-4-5-11-20/h2-3,7-8H,4-6,9-13H2,1H3,(H,22,26)(H,23,29). The Morgan fingerprint density at radius 1 is 1.24 bits per heavy atom. The van der Waals surface area contributed by atoms with E-state index < -0.39 is 5.54 Å². The Hall–Kier alpha value is -2.61. The van der Waals surface area contributed by atoms with Crippen molar-refractivity contribution in [3.05, 3.63) is 29.3 Å². The molecule has 1 aromatic rings. The fraction of sp³-hybridized carbons (Fsp3) is 0.500. The van der Waals surface area contributed by atoms with Gasteiger partial charge in [-0.25, -0.2) is 4.79 Å². The second kappa shape index (κ2) is 8.82. The third-order valence-electron chi connectivity index (χ3n) is 5.43. The van der Waals surface area contributed by atoms with Crippen molar-refractivity contribution < 1.29 is 19.2 Å². The molecule has 0 unspecified atom stereocenters. The van der Waals surface area contributed by atoms with E-state index in [4.69, 9.17) is 11.6 Å². The van der Waals surface area contributed by atoms with Gasteiger partial charge in [-0.15, -0.1) is 0 Å². The van der Waals surface area contributed by atoms with Crippen LogP contribution >= 0.6 is 11.6 Å². The summed E-state index contributed by atoms with van der Waals surface area (Å²) in [5.74, 6) is -0.770. The average molecular weight is 421 g/mol. The van der Waals surface area contributed by atoms with Crippen molar-refractivity contribution in [2.24, 2.45) is 0 Å². The van der Waals surface area contributed by atoms with Crippen LogP contribution in [0.2, 0.25) is 5.02 Å². The molecule has 0 aromatic heterocycles. The van der Waals surface area contributed by atoms with Gasteiger partial charge in [0.2, 0.25) is 11.8 Å². The van der Waals surface area contributed by atoms with Crippen LogP contribution in [0.5, 0.6) is 0 Å². The smallest absolute Gasteiger partial charge is 0.325 e. The van der Waals surface area contributed by atoms with Crippen LogP contribution in [0, 0.1) is 0 Å². The molecule has 0 atom stereocenters. The lowest BCUT2D eigenvalue weighted by Crippen LogP contribution is -2.44. The molecular weight excluding hydrogens is 396 g/mol. The molecule has 9 heteroatoms. The molecule has 1 aromatic carbocycles. The molecule has 1 heterocycles. The Morgan fingerprint density at radius 3 is 2.62 bits per heavy atom. The highest BCUT2D eigenvalue weighted by molar-refractivity contribution is 6.33. The van der Waals surface area contributed by atoms with Crippen molar-refractivity contribution in [1.82, 2.24) is 15.1 Å². The van der Waals surface area contributed by atoms with Gasteiger partial charge in [-0.1, -0.05) is 36.6 Å². The van der Waals surface area contributed by atoms with Crippen molar-refractivity contribution in [3.8, 4) is 0 Å². The third kappa shape index (κ3) is 4.70. The number of hydrogen-bond donors (Lipinski definition) is 2. The number of rotatable bonds is 7. The molecule has 5 amide bonds. The summed E-state index contributed by atoms with van der Waals surface area (Å²) >= 11 is 6.01. The summed E-state index contributed by atoms with van der Waals surface area (Å²) in [6.07, 6.45) is 3.70. The zero-order chi connectivity index (χ0) is 21.0. The second-order valence-electron chi connectivity index (χ2n) is 7.56. The van der Waals surface area contributed by atoms with Gasteiger partial charge in [0, 0.05) is 20.0 Å². The van der Waals surface area contributed by atoms with Gasteiger partial charge < -0.3 is 15.5 Å². The van der Waals surface area contributed by atoms with E-state index >= 15 is 0 Å². The van der Waals surface area contributed by atoms with Crippen LogP contribution < -0.4 is 10.6 Å². The van der Waals surface area contributed by atoms with Gasteiger partial charge in [0.15, 0.2) is 0 Å². The van der Waals surface area contributed by atoms with E-state index in [0.29, 0.717) is 30.0 Å². The number of carbonyl (C=O) groups excluding carboxylic acids is 4. The molecule has 156 valence electrons. The van der Waals surface area contributed by atoms with Crippen LogP contribution in [0.25, 0.3) is 0 Å². The monoisotopic (exact) mass is 420 g/mol. The lowest BCUT2D eigenvalue weighted by Gasteiger charge is -2.20. The predicted octanol–water partition coefficient (Wildman–Crippen LogP) is 2.38. The number of benzene rings is 1. The zero-order valence-electron chi connectivity index (χ0n) is 16.4. The Balaban J connectivity index is 1.43. The van der Waals surface area contributed by atoms with Crippen molar-refractivity contribution >= 4 is 41.0 Å². The highest BCUT2D eigenvalue weighted by Gasteiger charge is 2.52. The Kier molecular flexibility index (Phi) is 6.42. The lowest BCUT2D eigenvalue weighted by molar-refractivity contribution is -0.134. The number of likely N-dealkylation sites (N-methyl/N-ethyl adjacent to an activating group) is 1. The van der Waals surface area contributed by atoms with Gasteiger partial charge in [-0.05, 0) is 31.4 Å². The SMILES string of the molecule is CN(CC(=O)Nc1ccccc1Cl)C(=O)CCCN1C(=O)NC2(CCCC2)C1=O. The van der Waals surface area contributed by atoms with Crippen molar-refractivity contribution in [3.63, 3.8) is 0 Å². The Morgan fingerprint density at radius 2 is 1.93 bits per heavy atom. The number of nitrogens with zero attached hydrogens (tertiary/aromatic N) is 2. The van der Waals surface area contributed by atoms with Crippen LogP contribution in [0.15, 0.2) is 24.3 Å². The number of anilines is 1. The molecule has 2 fully saturated rings.